The number of esters is 1. The maximum Gasteiger partial charge on any atom is 0.348 e. The topological polar surface area (TPSA) is 109 Å². The molecule has 1 aromatic heterocycles. The van der Waals surface area contributed by atoms with E-state index in [2.05, 4.69) is 18.2 Å². The van der Waals surface area contributed by atoms with E-state index in [1.54, 1.807) is 32.0 Å². The summed E-state index contributed by atoms with van der Waals surface area (Å²) < 4.78 is 16.6. The molecule has 7 nitrogen and oxygen atoms in total. The SMILES string of the molecule is CCOC(=O)c1sc(CC(=O)C(C#N)=Cc2ccc(OCc3cccc4ccccc34)c(OC)c2)c(C#N)c1C. The van der Waals surface area contributed by atoms with Crippen LogP contribution in [0.4, 0.5) is 0 Å². The van der Waals surface area contributed by atoms with Crippen molar-refractivity contribution in [2.24, 2.45) is 0 Å². The molecule has 40 heavy (non-hydrogen) atoms. The first-order valence-electron chi connectivity index (χ1n) is 12.5. The number of allylic oxidation sites excluding steroid dienone is 1. The molecule has 0 saturated heterocycles. The lowest BCUT2D eigenvalue weighted by atomic mass is 10.0. The Morgan fingerprint density at radius 2 is 1.80 bits per heavy atom. The fourth-order valence-corrected chi connectivity index (χ4v) is 5.43. The van der Waals surface area contributed by atoms with E-state index in [1.807, 2.05) is 36.4 Å². The molecular weight excluding hydrogens is 524 g/mol. The van der Waals surface area contributed by atoms with Crippen molar-refractivity contribution >= 4 is 39.9 Å². The normalized spacial score (nSPS) is 11.0. The Kier molecular flexibility index (Phi) is 8.96. The minimum absolute atomic E-state index is 0.0842. The number of ether oxygens (including phenoxy) is 3. The lowest BCUT2D eigenvalue weighted by Gasteiger charge is -2.13. The molecule has 200 valence electrons. The van der Waals surface area contributed by atoms with Crippen LogP contribution in [-0.2, 0) is 22.6 Å². The molecule has 3 aromatic carbocycles. The van der Waals surface area contributed by atoms with Gasteiger partial charge in [-0.3, -0.25) is 4.79 Å². The molecule has 0 aliphatic heterocycles. The number of Topliss-reactive ketones (excluding diaryl/α,β-unsaturated/α-hetero) is 1. The van der Waals surface area contributed by atoms with Crippen LogP contribution in [0.2, 0.25) is 0 Å². The van der Waals surface area contributed by atoms with Crippen LogP contribution < -0.4 is 9.47 Å². The van der Waals surface area contributed by atoms with E-state index in [4.69, 9.17) is 14.2 Å². The van der Waals surface area contributed by atoms with Gasteiger partial charge in [0.15, 0.2) is 17.3 Å². The lowest BCUT2D eigenvalue weighted by Crippen LogP contribution is -2.05. The highest BCUT2D eigenvalue weighted by Crippen LogP contribution is 2.32. The highest BCUT2D eigenvalue weighted by molar-refractivity contribution is 7.14. The van der Waals surface area contributed by atoms with E-state index in [9.17, 15) is 20.1 Å². The van der Waals surface area contributed by atoms with Crippen molar-refractivity contribution in [3.8, 4) is 23.6 Å². The zero-order chi connectivity index (χ0) is 28.6. The Morgan fingerprint density at radius 3 is 2.52 bits per heavy atom. The van der Waals surface area contributed by atoms with Crippen molar-refractivity contribution < 1.29 is 23.8 Å². The van der Waals surface area contributed by atoms with E-state index in [1.165, 1.54) is 13.2 Å². The van der Waals surface area contributed by atoms with Crippen molar-refractivity contribution in [3.63, 3.8) is 0 Å². The molecule has 0 saturated carbocycles. The van der Waals surface area contributed by atoms with Gasteiger partial charge in [-0.25, -0.2) is 4.79 Å². The first kappa shape index (κ1) is 28.1. The number of nitriles is 2. The second kappa shape index (κ2) is 12.8. The maximum absolute atomic E-state index is 13.1. The second-order valence-electron chi connectivity index (χ2n) is 8.79. The van der Waals surface area contributed by atoms with Crippen molar-refractivity contribution in [3.05, 3.63) is 98.2 Å². The van der Waals surface area contributed by atoms with Gasteiger partial charge in [0.05, 0.1) is 24.9 Å². The Bertz CT molecular complexity index is 1700. The van der Waals surface area contributed by atoms with Crippen LogP contribution in [0.25, 0.3) is 16.8 Å². The summed E-state index contributed by atoms with van der Waals surface area (Å²) in [6.07, 6.45) is 1.29. The number of hydrogen-bond acceptors (Lipinski definition) is 8. The monoisotopic (exact) mass is 550 g/mol. The lowest BCUT2D eigenvalue weighted by molar-refractivity contribution is -0.114. The first-order chi connectivity index (χ1) is 19.4. The van der Waals surface area contributed by atoms with Gasteiger partial charge in [0.25, 0.3) is 0 Å². The van der Waals surface area contributed by atoms with E-state index in [-0.39, 0.29) is 29.0 Å². The molecule has 0 aliphatic carbocycles. The Morgan fingerprint density at radius 1 is 1.02 bits per heavy atom. The Labute approximate surface area is 236 Å². The van der Waals surface area contributed by atoms with Gasteiger partial charge in [-0.05, 0) is 59.5 Å². The minimum atomic E-state index is -0.536. The number of fused-ring (bicyclic) bond motifs is 1. The number of carbonyl (C=O) groups excluding carboxylic acids is 2. The van der Waals surface area contributed by atoms with E-state index in [0.29, 0.717) is 34.1 Å². The van der Waals surface area contributed by atoms with Gasteiger partial charge in [0.1, 0.15) is 23.6 Å². The standard InChI is InChI=1S/C32H26N2O5S/c1-4-38-32(36)31-20(2)26(18-34)30(40-31)16-27(35)24(17-33)14-21-12-13-28(29(15-21)37-3)39-19-23-10-7-9-22-8-5-6-11-25(22)23/h5-15H,4,16,19H2,1-3H3. The van der Waals surface area contributed by atoms with Gasteiger partial charge in [-0.15, -0.1) is 11.3 Å². The molecule has 0 fully saturated rings. The van der Waals surface area contributed by atoms with Gasteiger partial charge in [0.2, 0.25) is 0 Å². The smallest absolute Gasteiger partial charge is 0.348 e. The summed E-state index contributed by atoms with van der Waals surface area (Å²) in [4.78, 5) is 26.0. The molecule has 0 N–H and O–H groups in total. The van der Waals surface area contributed by atoms with Crippen molar-refractivity contribution in [2.45, 2.75) is 26.9 Å². The summed E-state index contributed by atoms with van der Waals surface area (Å²) in [5.74, 6) is -0.0212. The van der Waals surface area contributed by atoms with Crippen LogP contribution in [0.1, 0.15) is 43.7 Å². The van der Waals surface area contributed by atoms with Gasteiger partial charge in [0, 0.05) is 11.3 Å². The van der Waals surface area contributed by atoms with Crippen molar-refractivity contribution in [1.29, 1.82) is 10.5 Å². The summed E-state index contributed by atoms with van der Waals surface area (Å²) in [5.41, 5.74) is 2.26. The first-order valence-corrected chi connectivity index (χ1v) is 13.3. The zero-order valence-electron chi connectivity index (χ0n) is 22.3. The number of thiophene rings is 1. The third-order valence-corrected chi connectivity index (χ3v) is 7.57. The predicted octanol–water partition coefficient (Wildman–Crippen LogP) is 6.56. The number of nitrogens with zero attached hydrogens (tertiary/aromatic N) is 2. The van der Waals surface area contributed by atoms with E-state index >= 15 is 0 Å². The van der Waals surface area contributed by atoms with Crippen LogP contribution in [0, 0.1) is 29.6 Å². The average Bonchev–Trinajstić information content (AvgIpc) is 3.29. The number of ketones is 1. The molecule has 4 rings (SSSR count). The fraction of sp³-hybridized carbons (Fsp3) is 0.188. The largest absolute Gasteiger partial charge is 0.493 e. The molecule has 0 aliphatic rings. The molecule has 8 heteroatoms. The molecule has 0 unspecified atom stereocenters. The van der Waals surface area contributed by atoms with Crippen LogP contribution in [0.5, 0.6) is 11.5 Å². The quantitative estimate of drug-likeness (QED) is 0.125. The Hall–Kier alpha value is -4.92. The number of rotatable bonds is 10. The van der Waals surface area contributed by atoms with E-state index < -0.39 is 11.8 Å². The molecule has 0 amide bonds. The average molecular weight is 551 g/mol. The third kappa shape index (κ3) is 6.04. The molecule has 4 aromatic rings. The van der Waals surface area contributed by atoms with Crippen LogP contribution >= 0.6 is 11.3 Å². The fourth-order valence-electron chi connectivity index (χ4n) is 4.29. The Balaban J connectivity index is 1.54. The summed E-state index contributed by atoms with van der Waals surface area (Å²) in [5, 5.41) is 21.6. The molecule has 0 radical (unpaired) electrons. The molecule has 0 spiro atoms. The maximum atomic E-state index is 13.1. The third-order valence-electron chi connectivity index (χ3n) is 6.30. The number of carbonyl (C=O) groups is 2. The van der Waals surface area contributed by atoms with Crippen molar-refractivity contribution in [2.75, 3.05) is 13.7 Å². The highest BCUT2D eigenvalue weighted by atomic mass is 32.1. The molecule has 0 bridgehead atoms. The number of benzene rings is 3. The highest BCUT2D eigenvalue weighted by Gasteiger charge is 2.23. The van der Waals surface area contributed by atoms with Gasteiger partial charge < -0.3 is 14.2 Å². The molecular formula is C32H26N2O5S. The summed E-state index contributed by atoms with van der Waals surface area (Å²) >= 11 is 1.04. The summed E-state index contributed by atoms with van der Waals surface area (Å²) in [6, 6.07) is 23.3. The zero-order valence-corrected chi connectivity index (χ0v) is 23.1. The number of hydrogen-bond donors (Lipinski definition) is 0. The molecule has 1 heterocycles. The van der Waals surface area contributed by atoms with Gasteiger partial charge in [-0.1, -0.05) is 48.5 Å². The molecule has 0 atom stereocenters. The van der Waals surface area contributed by atoms with Crippen molar-refractivity contribution in [1.82, 2.24) is 0 Å². The van der Waals surface area contributed by atoms with E-state index in [0.717, 1.165) is 27.7 Å². The van der Waals surface area contributed by atoms with Gasteiger partial charge in [-0.2, -0.15) is 10.5 Å². The predicted molar refractivity (Wildman–Crippen MR) is 153 cm³/mol. The van der Waals surface area contributed by atoms with Crippen LogP contribution in [0.15, 0.2) is 66.2 Å². The van der Waals surface area contributed by atoms with Crippen LogP contribution in [-0.4, -0.2) is 25.5 Å². The minimum Gasteiger partial charge on any atom is -0.493 e. The van der Waals surface area contributed by atoms with Crippen LogP contribution in [0.3, 0.4) is 0 Å². The second-order valence-corrected chi connectivity index (χ2v) is 9.90. The summed E-state index contributed by atoms with van der Waals surface area (Å²) in [6.45, 7) is 3.87. The van der Waals surface area contributed by atoms with Gasteiger partial charge >= 0.3 is 5.97 Å². The summed E-state index contributed by atoms with van der Waals surface area (Å²) in [7, 11) is 1.52. The number of methoxy groups -OCH3 is 1.